The molecule has 0 aromatic heterocycles. The Labute approximate surface area is 369 Å². The van der Waals surface area contributed by atoms with Gasteiger partial charge in [0.25, 0.3) is 0 Å². The van der Waals surface area contributed by atoms with Crippen molar-refractivity contribution < 1.29 is 0 Å². The third-order valence-electron chi connectivity index (χ3n) is 13.9. The number of anilines is 4. The van der Waals surface area contributed by atoms with E-state index in [2.05, 4.69) is 213 Å². The lowest BCUT2D eigenvalue weighted by Gasteiger charge is -2.37. The molecule has 0 spiro atoms. The van der Waals surface area contributed by atoms with Crippen molar-refractivity contribution in [3.8, 4) is 22.3 Å². The second-order valence-corrected chi connectivity index (χ2v) is 19.2. The molecule has 8 aromatic rings. The van der Waals surface area contributed by atoms with Gasteiger partial charge >= 0.3 is 0 Å². The number of hydrogen-bond donors (Lipinski definition) is 0. The zero-order valence-corrected chi connectivity index (χ0v) is 36.3. The third kappa shape index (κ3) is 6.08. The average Bonchev–Trinajstić information content (AvgIpc) is 3.53. The molecule has 0 saturated heterocycles. The van der Waals surface area contributed by atoms with Crippen molar-refractivity contribution in [2.45, 2.75) is 50.3 Å². The maximum atomic E-state index is 2.52. The van der Waals surface area contributed by atoms with Crippen molar-refractivity contribution in [3.63, 3.8) is 0 Å². The highest BCUT2D eigenvalue weighted by atomic mass is 32.2. The van der Waals surface area contributed by atoms with Crippen molar-refractivity contribution in [1.82, 2.24) is 0 Å². The standard InChI is InChI=1S/C59H48N2S/c1-38-18-31-58-56(33-38)61(55-16-8-9-17-57(55)62-58)46-26-24-42-35-44(23-22-43(42)36-46)48-29-25-40(47-13-5-6-14-49(47)48)21-19-39-20-28-50-51-30-27-45(37-53(51)59(2,3)52(50)34-39)60-32-10-12-41-11-4-7-15-54(41)60/h4-9,11,13-31,34-38H,10,12,32-33H2,1-3H3/b21-19+. The van der Waals surface area contributed by atoms with Crippen LogP contribution in [0.1, 0.15) is 61.4 Å². The van der Waals surface area contributed by atoms with Gasteiger partial charge in [-0.05, 0) is 145 Å². The maximum Gasteiger partial charge on any atom is 0.0598 e. The van der Waals surface area contributed by atoms with E-state index in [0.717, 1.165) is 19.4 Å². The summed E-state index contributed by atoms with van der Waals surface area (Å²) >= 11 is 1.90. The smallest absolute Gasteiger partial charge is 0.0598 e. The Morgan fingerprint density at radius 3 is 2.26 bits per heavy atom. The minimum atomic E-state index is -0.0967. The molecule has 0 saturated carbocycles. The molecule has 62 heavy (non-hydrogen) atoms. The van der Waals surface area contributed by atoms with Crippen LogP contribution in [0.5, 0.6) is 0 Å². The summed E-state index contributed by atoms with van der Waals surface area (Å²) in [5, 5.41) is 5.03. The Kier molecular flexibility index (Phi) is 8.73. The van der Waals surface area contributed by atoms with E-state index in [1.807, 2.05) is 11.8 Å². The second kappa shape index (κ2) is 14.5. The molecular weight excluding hydrogens is 769 g/mol. The SMILES string of the molecule is CC1C=CC2=C(C1)N(c1ccc3cc(-c4ccc(/C=C/c5ccc6c(c5)C(C)(C)c5cc(N7CCCc8ccccc87)ccc5-6)c5ccccc45)ccc3c1)c1ccccc1S2. The van der Waals surface area contributed by atoms with Crippen LogP contribution in [0.4, 0.5) is 22.7 Å². The number of thioether (sulfide) groups is 1. The molecule has 0 N–H and O–H groups in total. The van der Waals surface area contributed by atoms with Gasteiger partial charge in [0.05, 0.1) is 5.69 Å². The molecular formula is C59H48N2S. The van der Waals surface area contributed by atoms with Crippen molar-refractivity contribution in [3.05, 3.63) is 208 Å². The van der Waals surface area contributed by atoms with Gasteiger partial charge in [-0.25, -0.2) is 0 Å². The summed E-state index contributed by atoms with van der Waals surface area (Å²) in [6, 6.07) is 59.4. The molecule has 0 radical (unpaired) electrons. The van der Waals surface area contributed by atoms with Crippen LogP contribution in [0.2, 0.25) is 0 Å². The molecule has 2 aliphatic heterocycles. The van der Waals surface area contributed by atoms with Gasteiger partial charge in [0, 0.05) is 44.5 Å². The van der Waals surface area contributed by atoms with Crippen molar-refractivity contribution in [2.24, 2.45) is 5.92 Å². The van der Waals surface area contributed by atoms with Crippen molar-refractivity contribution in [1.29, 1.82) is 0 Å². The molecule has 4 aliphatic rings. The van der Waals surface area contributed by atoms with Crippen LogP contribution < -0.4 is 9.80 Å². The highest BCUT2D eigenvalue weighted by molar-refractivity contribution is 8.03. The summed E-state index contributed by atoms with van der Waals surface area (Å²) in [6.07, 6.45) is 12.7. The molecule has 0 bridgehead atoms. The van der Waals surface area contributed by atoms with Crippen molar-refractivity contribution >= 4 is 68.2 Å². The van der Waals surface area contributed by atoms with E-state index in [1.165, 1.54) is 116 Å². The van der Waals surface area contributed by atoms with E-state index in [4.69, 9.17) is 0 Å². The number of nitrogens with zero attached hydrogens (tertiary/aromatic N) is 2. The normalized spacial score (nSPS) is 17.3. The number of rotatable bonds is 5. The Balaban J connectivity index is 0.838. The highest BCUT2D eigenvalue weighted by Crippen LogP contribution is 2.52. The monoisotopic (exact) mass is 816 g/mol. The van der Waals surface area contributed by atoms with Crippen LogP contribution in [0.25, 0.3) is 56.0 Å². The summed E-state index contributed by atoms with van der Waals surface area (Å²) in [5.74, 6) is 0.519. The second-order valence-electron chi connectivity index (χ2n) is 18.1. The van der Waals surface area contributed by atoms with Gasteiger partial charge in [-0.2, -0.15) is 0 Å². The maximum absolute atomic E-state index is 2.52. The fraction of sp³-hybridized carbons (Fsp3) is 0.153. The Morgan fingerprint density at radius 1 is 0.629 bits per heavy atom. The lowest BCUT2D eigenvalue weighted by atomic mass is 9.81. The zero-order chi connectivity index (χ0) is 41.5. The van der Waals surface area contributed by atoms with E-state index in [0.29, 0.717) is 5.92 Å². The minimum absolute atomic E-state index is 0.0967. The number of para-hydroxylation sites is 2. The van der Waals surface area contributed by atoms with Gasteiger partial charge in [0.15, 0.2) is 0 Å². The molecule has 1 atom stereocenters. The molecule has 300 valence electrons. The van der Waals surface area contributed by atoms with Crippen LogP contribution >= 0.6 is 11.8 Å². The summed E-state index contributed by atoms with van der Waals surface area (Å²) in [7, 11) is 0. The number of allylic oxidation sites excluding steroid dienone is 3. The van der Waals surface area contributed by atoms with Gasteiger partial charge in [-0.15, -0.1) is 0 Å². The van der Waals surface area contributed by atoms with E-state index >= 15 is 0 Å². The van der Waals surface area contributed by atoms with E-state index in [1.54, 1.807) is 0 Å². The van der Waals surface area contributed by atoms with Crippen LogP contribution in [-0.4, -0.2) is 6.54 Å². The predicted molar refractivity (Wildman–Crippen MR) is 266 cm³/mol. The van der Waals surface area contributed by atoms with Gasteiger partial charge in [0.2, 0.25) is 0 Å². The molecule has 2 aliphatic carbocycles. The molecule has 8 aromatic carbocycles. The largest absolute Gasteiger partial charge is 0.341 e. The molecule has 0 amide bonds. The Morgan fingerprint density at radius 2 is 1.35 bits per heavy atom. The third-order valence-corrected chi connectivity index (χ3v) is 15.0. The van der Waals surface area contributed by atoms with E-state index < -0.39 is 0 Å². The van der Waals surface area contributed by atoms with Gasteiger partial charge in [-0.1, -0.05) is 166 Å². The average molecular weight is 817 g/mol. The fourth-order valence-corrected chi connectivity index (χ4v) is 11.8. The highest BCUT2D eigenvalue weighted by Gasteiger charge is 2.36. The van der Waals surface area contributed by atoms with Gasteiger partial charge < -0.3 is 9.80 Å². The van der Waals surface area contributed by atoms with Crippen LogP contribution in [-0.2, 0) is 11.8 Å². The van der Waals surface area contributed by atoms with Gasteiger partial charge in [-0.3, -0.25) is 0 Å². The first kappa shape index (κ1) is 37.2. The number of benzene rings is 8. The lowest BCUT2D eigenvalue weighted by molar-refractivity contribution is 0.659. The molecule has 2 heterocycles. The van der Waals surface area contributed by atoms with E-state index in [9.17, 15) is 0 Å². The number of fused-ring (bicyclic) bond motifs is 7. The van der Waals surface area contributed by atoms with Crippen LogP contribution in [0.3, 0.4) is 0 Å². The Bertz CT molecular complexity index is 3240. The molecule has 0 fully saturated rings. The Hall–Kier alpha value is -6.55. The first-order valence-corrected chi connectivity index (χ1v) is 23.1. The van der Waals surface area contributed by atoms with Crippen LogP contribution in [0, 0.1) is 5.92 Å². The number of aryl methyl sites for hydroxylation is 1. The first-order valence-electron chi connectivity index (χ1n) is 22.2. The predicted octanol–water partition coefficient (Wildman–Crippen LogP) is 16.3. The molecule has 2 nitrogen and oxygen atoms in total. The van der Waals surface area contributed by atoms with E-state index in [-0.39, 0.29) is 5.41 Å². The molecule has 12 rings (SSSR count). The lowest BCUT2D eigenvalue weighted by Crippen LogP contribution is -2.25. The minimum Gasteiger partial charge on any atom is -0.341 e. The quantitative estimate of drug-likeness (QED) is 0.160. The molecule has 3 heteroatoms. The summed E-state index contributed by atoms with van der Waals surface area (Å²) < 4.78 is 0. The van der Waals surface area contributed by atoms with Gasteiger partial charge in [0.1, 0.15) is 0 Å². The fourth-order valence-electron chi connectivity index (χ4n) is 10.7. The zero-order valence-electron chi connectivity index (χ0n) is 35.5. The van der Waals surface area contributed by atoms with Crippen LogP contribution in [0.15, 0.2) is 185 Å². The summed E-state index contributed by atoms with van der Waals surface area (Å²) in [5.41, 5.74) is 18.4. The molecule has 1 unspecified atom stereocenters. The first-order chi connectivity index (χ1) is 30.4. The van der Waals surface area contributed by atoms with Crippen molar-refractivity contribution in [2.75, 3.05) is 16.3 Å². The summed E-state index contributed by atoms with van der Waals surface area (Å²) in [4.78, 5) is 7.69. The summed E-state index contributed by atoms with van der Waals surface area (Å²) in [6.45, 7) is 8.16. The topological polar surface area (TPSA) is 6.48 Å². The number of hydrogen-bond acceptors (Lipinski definition) is 3.